The predicted octanol–water partition coefficient (Wildman–Crippen LogP) is 3.00. The van der Waals surface area contributed by atoms with Gasteiger partial charge in [-0.1, -0.05) is 13.5 Å². The molecule has 2 aromatic rings. The number of likely N-dealkylation sites (N-methyl/N-ethyl adjacent to an activating group) is 1. The summed E-state index contributed by atoms with van der Waals surface area (Å²) < 4.78 is 0. The van der Waals surface area contributed by atoms with Crippen molar-refractivity contribution in [2.24, 2.45) is 0 Å². The number of para-hydroxylation sites is 1. The fraction of sp³-hybridized carbons (Fsp3) is 0.350. The van der Waals surface area contributed by atoms with E-state index in [1.165, 1.54) is 6.07 Å². The van der Waals surface area contributed by atoms with E-state index < -0.39 is 0 Å². The second-order valence-electron chi connectivity index (χ2n) is 6.39. The van der Waals surface area contributed by atoms with Crippen LogP contribution in [0.25, 0.3) is 0 Å². The Hall–Kier alpha value is -2.73. The third-order valence-corrected chi connectivity index (χ3v) is 4.53. The molecule has 6 nitrogen and oxygen atoms in total. The molecule has 2 aromatic carbocycles. The van der Waals surface area contributed by atoms with E-state index in [-0.39, 0.29) is 24.8 Å². The molecule has 1 heterocycles. The number of rotatable bonds is 3. The number of aromatic hydroxyl groups is 1. The molecule has 1 saturated heterocycles. The summed E-state index contributed by atoms with van der Waals surface area (Å²) in [7, 11) is 2.14. The first-order chi connectivity index (χ1) is 12.0. The second-order valence-corrected chi connectivity index (χ2v) is 6.39. The molecule has 0 unspecified atom stereocenters. The lowest BCUT2D eigenvalue weighted by atomic mass is 10.1. The first-order valence-corrected chi connectivity index (χ1v) is 8.47. The molecule has 6 heteroatoms. The second kappa shape index (κ2) is 8.58. The summed E-state index contributed by atoms with van der Waals surface area (Å²) >= 11 is 0. The monoisotopic (exact) mass is 356 g/mol. The van der Waals surface area contributed by atoms with E-state index in [9.17, 15) is 9.90 Å². The molecule has 0 radical (unpaired) electrons. The van der Waals surface area contributed by atoms with Gasteiger partial charge in [0.05, 0.1) is 5.69 Å². The molecule has 26 heavy (non-hydrogen) atoms. The van der Waals surface area contributed by atoms with E-state index in [0.29, 0.717) is 11.3 Å². The molecule has 0 aromatic heterocycles. The van der Waals surface area contributed by atoms with Crippen LogP contribution >= 0.6 is 0 Å². The van der Waals surface area contributed by atoms with Gasteiger partial charge in [0.15, 0.2) is 0 Å². The Morgan fingerprint density at radius 3 is 2.50 bits per heavy atom. The van der Waals surface area contributed by atoms with Crippen molar-refractivity contribution >= 4 is 23.0 Å². The standard InChI is InChI=1S/C19H24N4O2.CH4/c1-22-10-3-11-23(13-12-22)15-8-6-14(7-9-15)19(25)21-18-16(20)4-2-5-17(18)24;/h2,4-9,24H,3,10-13,20H2,1H3,(H,21,25);1H4. The van der Waals surface area contributed by atoms with Crippen LogP contribution in [0.2, 0.25) is 0 Å². The number of nitrogens with one attached hydrogen (secondary N) is 1. The minimum atomic E-state index is -0.296. The Labute approximate surface area is 155 Å². The Kier molecular flexibility index (Phi) is 6.46. The fourth-order valence-electron chi connectivity index (χ4n) is 3.01. The first-order valence-electron chi connectivity index (χ1n) is 8.47. The fourth-order valence-corrected chi connectivity index (χ4v) is 3.01. The lowest BCUT2D eigenvalue weighted by molar-refractivity contribution is 0.102. The van der Waals surface area contributed by atoms with Crippen LogP contribution in [-0.2, 0) is 0 Å². The number of anilines is 3. The van der Waals surface area contributed by atoms with Gasteiger partial charge in [-0.2, -0.15) is 0 Å². The molecule has 0 saturated carbocycles. The number of carbonyl (C=O) groups is 1. The highest BCUT2D eigenvalue weighted by Gasteiger charge is 2.14. The molecular weight excluding hydrogens is 328 g/mol. The number of amides is 1. The van der Waals surface area contributed by atoms with Gasteiger partial charge in [0.2, 0.25) is 0 Å². The summed E-state index contributed by atoms with van der Waals surface area (Å²) in [6, 6.07) is 12.3. The van der Waals surface area contributed by atoms with Gasteiger partial charge in [-0.3, -0.25) is 4.79 Å². The summed E-state index contributed by atoms with van der Waals surface area (Å²) in [4.78, 5) is 17.1. The number of nitrogens with zero attached hydrogens (tertiary/aromatic N) is 2. The molecule has 0 spiro atoms. The molecule has 1 amide bonds. The summed E-state index contributed by atoms with van der Waals surface area (Å²) in [6.07, 6.45) is 1.13. The van der Waals surface area contributed by atoms with Crippen LogP contribution in [0.1, 0.15) is 24.2 Å². The van der Waals surface area contributed by atoms with Crippen LogP contribution in [0, 0.1) is 0 Å². The maximum atomic E-state index is 12.4. The van der Waals surface area contributed by atoms with Crippen molar-refractivity contribution in [2.45, 2.75) is 13.8 Å². The van der Waals surface area contributed by atoms with Gasteiger partial charge in [0.1, 0.15) is 11.4 Å². The smallest absolute Gasteiger partial charge is 0.255 e. The summed E-state index contributed by atoms with van der Waals surface area (Å²) in [5.41, 5.74) is 8.03. The molecule has 4 N–H and O–H groups in total. The number of nitrogens with two attached hydrogens (primary N) is 1. The highest BCUT2D eigenvalue weighted by molar-refractivity contribution is 6.06. The zero-order valence-corrected chi connectivity index (χ0v) is 14.4. The molecule has 0 bridgehead atoms. The first kappa shape index (κ1) is 19.6. The van der Waals surface area contributed by atoms with Crippen LogP contribution in [0.15, 0.2) is 42.5 Å². The number of carbonyl (C=O) groups excluding carboxylic acids is 1. The minimum Gasteiger partial charge on any atom is -0.506 e. The number of nitrogen functional groups attached to an aromatic ring is 1. The van der Waals surface area contributed by atoms with Gasteiger partial charge in [-0.05, 0) is 56.4 Å². The van der Waals surface area contributed by atoms with Gasteiger partial charge in [-0.25, -0.2) is 0 Å². The van der Waals surface area contributed by atoms with Crippen molar-refractivity contribution in [1.29, 1.82) is 0 Å². The lowest BCUT2D eigenvalue weighted by Crippen LogP contribution is -2.28. The van der Waals surface area contributed by atoms with Crippen LogP contribution in [0.5, 0.6) is 5.75 Å². The van der Waals surface area contributed by atoms with E-state index in [1.54, 1.807) is 24.3 Å². The quantitative estimate of drug-likeness (QED) is 0.582. The molecule has 0 atom stereocenters. The topological polar surface area (TPSA) is 81.8 Å². The largest absolute Gasteiger partial charge is 0.506 e. The number of hydrogen-bond donors (Lipinski definition) is 3. The molecule has 1 aliphatic rings. The van der Waals surface area contributed by atoms with E-state index in [1.807, 2.05) is 12.1 Å². The SMILES string of the molecule is C.CN1CCCN(c2ccc(C(=O)Nc3c(N)cccc3O)cc2)CC1. The van der Waals surface area contributed by atoms with Gasteiger partial charge in [0.25, 0.3) is 5.91 Å². The Morgan fingerprint density at radius 1 is 1.08 bits per heavy atom. The van der Waals surface area contributed by atoms with E-state index in [2.05, 4.69) is 22.2 Å². The van der Waals surface area contributed by atoms with Gasteiger partial charge in [-0.15, -0.1) is 0 Å². The number of benzene rings is 2. The van der Waals surface area contributed by atoms with Crippen LogP contribution in [0.4, 0.5) is 17.1 Å². The molecular formula is C20H28N4O2. The van der Waals surface area contributed by atoms with Gasteiger partial charge < -0.3 is 26.0 Å². The Bertz CT molecular complexity index is 726. The molecule has 3 rings (SSSR count). The van der Waals surface area contributed by atoms with Crippen LogP contribution < -0.4 is 16.0 Å². The summed E-state index contributed by atoms with van der Waals surface area (Å²) in [6.45, 7) is 4.15. The van der Waals surface area contributed by atoms with Crippen molar-refractivity contribution in [2.75, 3.05) is 49.2 Å². The van der Waals surface area contributed by atoms with E-state index in [4.69, 9.17) is 5.73 Å². The van der Waals surface area contributed by atoms with Crippen LogP contribution in [0.3, 0.4) is 0 Å². The predicted molar refractivity (Wildman–Crippen MR) is 108 cm³/mol. The molecule has 1 aliphatic heterocycles. The van der Waals surface area contributed by atoms with Crippen molar-refractivity contribution in [3.8, 4) is 5.75 Å². The Balaban J connectivity index is 0.00000243. The molecule has 0 aliphatic carbocycles. The third-order valence-electron chi connectivity index (χ3n) is 4.53. The van der Waals surface area contributed by atoms with Crippen molar-refractivity contribution in [1.82, 2.24) is 4.90 Å². The van der Waals surface area contributed by atoms with Crippen molar-refractivity contribution in [3.63, 3.8) is 0 Å². The zero-order valence-electron chi connectivity index (χ0n) is 14.4. The zero-order chi connectivity index (χ0) is 17.8. The van der Waals surface area contributed by atoms with Crippen LogP contribution in [-0.4, -0.2) is 49.1 Å². The highest BCUT2D eigenvalue weighted by Crippen LogP contribution is 2.29. The lowest BCUT2D eigenvalue weighted by Gasteiger charge is -2.23. The van der Waals surface area contributed by atoms with Crippen molar-refractivity contribution < 1.29 is 9.90 Å². The minimum absolute atomic E-state index is 0. The van der Waals surface area contributed by atoms with E-state index in [0.717, 1.165) is 38.3 Å². The number of phenols is 1. The maximum Gasteiger partial charge on any atom is 0.255 e. The Morgan fingerprint density at radius 2 is 1.81 bits per heavy atom. The third kappa shape index (κ3) is 4.46. The molecule has 1 fully saturated rings. The van der Waals surface area contributed by atoms with Gasteiger partial charge in [0, 0.05) is 30.9 Å². The van der Waals surface area contributed by atoms with E-state index >= 15 is 0 Å². The maximum absolute atomic E-state index is 12.4. The average molecular weight is 356 g/mol. The van der Waals surface area contributed by atoms with Crippen molar-refractivity contribution in [3.05, 3.63) is 48.0 Å². The summed E-state index contributed by atoms with van der Waals surface area (Å²) in [5.74, 6) is -0.339. The number of hydrogen-bond acceptors (Lipinski definition) is 5. The normalized spacial score (nSPS) is 15.0. The average Bonchev–Trinajstić information content (AvgIpc) is 2.83. The van der Waals surface area contributed by atoms with Gasteiger partial charge >= 0.3 is 0 Å². The number of phenolic OH excluding ortho intramolecular Hbond substituents is 1. The highest BCUT2D eigenvalue weighted by atomic mass is 16.3. The summed E-state index contributed by atoms with van der Waals surface area (Å²) in [5, 5.41) is 12.5. The molecule has 140 valence electrons.